The number of guanidine groups is 2. The van der Waals surface area contributed by atoms with E-state index in [0.29, 0.717) is 5.69 Å². The monoisotopic (exact) mass is 400 g/mol. The summed E-state index contributed by atoms with van der Waals surface area (Å²) < 4.78 is 13.5. The quantitative estimate of drug-likeness (QED) is 0.822. The average molecular weight is 401 g/mol. The molecule has 1 unspecified atom stereocenters. The van der Waals surface area contributed by atoms with Gasteiger partial charge in [-0.1, -0.05) is 23.7 Å². The van der Waals surface area contributed by atoms with Crippen molar-refractivity contribution < 1.29 is 4.39 Å². The van der Waals surface area contributed by atoms with Crippen LogP contribution in [0.25, 0.3) is 0 Å². The number of anilines is 2. The highest BCUT2D eigenvalue weighted by atomic mass is 35.5. The van der Waals surface area contributed by atoms with E-state index in [2.05, 4.69) is 26.3 Å². The van der Waals surface area contributed by atoms with E-state index in [1.54, 1.807) is 6.07 Å². The van der Waals surface area contributed by atoms with E-state index in [4.69, 9.17) is 17.3 Å². The highest BCUT2D eigenvalue weighted by Crippen LogP contribution is 2.27. The molecular weight excluding hydrogens is 379 g/mol. The SMILES string of the molecule is Cc1cccc(N2C(N3CCCC3)=NC(N)=NC2Nc2ccc(F)c(Cl)c2)c1. The Bertz CT molecular complexity index is 938. The van der Waals surface area contributed by atoms with Gasteiger partial charge in [0, 0.05) is 24.5 Å². The third-order valence-electron chi connectivity index (χ3n) is 4.81. The van der Waals surface area contributed by atoms with Gasteiger partial charge in [-0.2, -0.15) is 4.99 Å². The Morgan fingerprint density at radius 3 is 2.68 bits per heavy atom. The lowest BCUT2D eigenvalue weighted by atomic mass is 10.2. The van der Waals surface area contributed by atoms with E-state index >= 15 is 0 Å². The second-order valence-corrected chi connectivity index (χ2v) is 7.36. The molecule has 0 aliphatic carbocycles. The van der Waals surface area contributed by atoms with Gasteiger partial charge in [-0.15, -0.1) is 0 Å². The molecule has 2 heterocycles. The van der Waals surface area contributed by atoms with Crippen LogP contribution >= 0.6 is 11.6 Å². The molecule has 1 saturated heterocycles. The number of aliphatic imine (C=N–C) groups is 2. The molecule has 0 saturated carbocycles. The molecule has 0 amide bonds. The lowest BCUT2D eigenvalue weighted by Gasteiger charge is -2.38. The van der Waals surface area contributed by atoms with Gasteiger partial charge in [0.05, 0.1) is 5.02 Å². The molecule has 4 rings (SSSR count). The van der Waals surface area contributed by atoms with Crippen molar-refractivity contribution in [3.05, 3.63) is 58.9 Å². The maximum atomic E-state index is 13.5. The van der Waals surface area contributed by atoms with E-state index in [0.717, 1.165) is 43.1 Å². The molecule has 28 heavy (non-hydrogen) atoms. The molecule has 1 atom stereocenters. The fraction of sp³-hybridized carbons (Fsp3) is 0.300. The molecule has 0 spiro atoms. The lowest BCUT2D eigenvalue weighted by Crippen LogP contribution is -2.54. The van der Waals surface area contributed by atoms with Crippen LogP contribution in [0.15, 0.2) is 52.4 Å². The van der Waals surface area contributed by atoms with Crippen LogP contribution in [0.4, 0.5) is 15.8 Å². The van der Waals surface area contributed by atoms with Crippen LogP contribution in [0.1, 0.15) is 18.4 Å². The Morgan fingerprint density at radius 2 is 1.96 bits per heavy atom. The molecule has 2 aliphatic rings. The minimum Gasteiger partial charge on any atom is -0.368 e. The normalized spacial score (nSPS) is 19.5. The summed E-state index contributed by atoms with van der Waals surface area (Å²) in [6, 6.07) is 12.6. The average Bonchev–Trinajstić information content (AvgIpc) is 3.19. The molecule has 2 aromatic rings. The number of benzene rings is 2. The van der Waals surface area contributed by atoms with Crippen LogP contribution < -0.4 is 16.0 Å². The zero-order chi connectivity index (χ0) is 19.7. The summed E-state index contributed by atoms with van der Waals surface area (Å²) in [7, 11) is 0. The van der Waals surface area contributed by atoms with E-state index < -0.39 is 12.1 Å². The van der Waals surface area contributed by atoms with Gasteiger partial charge in [-0.05, 0) is 55.7 Å². The van der Waals surface area contributed by atoms with Gasteiger partial charge in [0.1, 0.15) is 5.82 Å². The highest BCUT2D eigenvalue weighted by molar-refractivity contribution is 6.31. The molecule has 8 heteroatoms. The summed E-state index contributed by atoms with van der Waals surface area (Å²) in [5.74, 6) is 0.506. The number of nitrogens with one attached hydrogen (secondary N) is 1. The first-order chi connectivity index (χ1) is 13.5. The number of nitrogens with two attached hydrogens (primary N) is 1. The first-order valence-corrected chi connectivity index (χ1v) is 9.63. The van der Waals surface area contributed by atoms with Gasteiger partial charge in [-0.3, -0.25) is 4.90 Å². The van der Waals surface area contributed by atoms with Crippen LogP contribution in [0, 0.1) is 12.7 Å². The minimum absolute atomic E-state index is 0.0494. The molecule has 2 aromatic carbocycles. The Hall–Kier alpha value is -2.80. The minimum atomic E-state index is -0.531. The Kier molecular flexibility index (Phi) is 5.09. The van der Waals surface area contributed by atoms with Crippen molar-refractivity contribution in [1.82, 2.24) is 4.90 Å². The van der Waals surface area contributed by atoms with Crippen molar-refractivity contribution in [2.75, 3.05) is 23.3 Å². The van der Waals surface area contributed by atoms with E-state index in [9.17, 15) is 4.39 Å². The summed E-state index contributed by atoms with van der Waals surface area (Å²) in [6.45, 7) is 3.88. The van der Waals surface area contributed by atoms with Gasteiger partial charge in [0.25, 0.3) is 0 Å². The van der Waals surface area contributed by atoms with Crippen molar-refractivity contribution >= 4 is 34.9 Å². The van der Waals surface area contributed by atoms with E-state index in [1.807, 2.05) is 30.0 Å². The summed E-state index contributed by atoms with van der Waals surface area (Å²) in [4.78, 5) is 13.3. The molecule has 0 bridgehead atoms. The van der Waals surface area contributed by atoms with Crippen molar-refractivity contribution in [2.24, 2.45) is 15.7 Å². The van der Waals surface area contributed by atoms with Crippen molar-refractivity contribution in [2.45, 2.75) is 26.1 Å². The van der Waals surface area contributed by atoms with Gasteiger partial charge in [-0.25, -0.2) is 9.38 Å². The molecule has 2 aliphatic heterocycles. The van der Waals surface area contributed by atoms with Crippen molar-refractivity contribution in [3.63, 3.8) is 0 Å². The third-order valence-corrected chi connectivity index (χ3v) is 5.10. The lowest BCUT2D eigenvalue weighted by molar-refractivity contribution is 0.497. The molecule has 0 radical (unpaired) electrons. The molecule has 6 nitrogen and oxygen atoms in total. The Labute approximate surface area is 168 Å². The number of nitrogens with zero attached hydrogens (tertiary/aromatic N) is 4. The van der Waals surface area contributed by atoms with Gasteiger partial charge >= 0.3 is 0 Å². The second kappa shape index (κ2) is 7.67. The number of halogens is 2. The van der Waals surface area contributed by atoms with E-state index in [-0.39, 0.29) is 11.0 Å². The molecule has 146 valence electrons. The summed E-state index contributed by atoms with van der Waals surface area (Å²) in [5.41, 5.74) is 8.77. The Morgan fingerprint density at radius 1 is 1.18 bits per heavy atom. The van der Waals surface area contributed by atoms with Crippen LogP contribution in [0.3, 0.4) is 0 Å². The number of hydrogen-bond acceptors (Lipinski definition) is 6. The zero-order valence-electron chi connectivity index (χ0n) is 15.6. The smallest absolute Gasteiger partial charge is 0.222 e. The first-order valence-electron chi connectivity index (χ1n) is 9.26. The van der Waals surface area contributed by atoms with E-state index in [1.165, 1.54) is 12.1 Å². The number of likely N-dealkylation sites (tertiary alicyclic amines) is 1. The van der Waals surface area contributed by atoms with Crippen molar-refractivity contribution in [1.29, 1.82) is 0 Å². The van der Waals surface area contributed by atoms with Crippen molar-refractivity contribution in [3.8, 4) is 0 Å². The van der Waals surface area contributed by atoms with Gasteiger partial charge in [0.2, 0.25) is 18.2 Å². The maximum Gasteiger partial charge on any atom is 0.222 e. The van der Waals surface area contributed by atoms with Crippen LogP contribution in [-0.4, -0.2) is 36.2 Å². The highest BCUT2D eigenvalue weighted by Gasteiger charge is 2.32. The van der Waals surface area contributed by atoms with Gasteiger partial charge < -0.3 is 16.0 Å². The van der Waals surface area contributed by atoms with Crippen LogP contribution in [-0.2, 0) is 0 Å². The third kappa shape index (κ3) is 3.75. The standard InChI is InChI=1S/C20H22ClFN6/c1-13-5-4-6-15(11-13)28-19(24-14-7-8-17(22)16(21)12-14)25-18(23)26-20(28)27-9-2-3-10-27/h4-8,11-12,19,24H,2-3,9-10H2,1H3,(H2,23,25). The van der Waals surface area contributed by atoms with Crippen LogP contribution in [0.2, 0.25) is 5.02 Å². The summed E-state index contributed by atoms with van der Waals surface area (Å²) in [6.07, 6.45) is 1.70. The fourth-order valence-electron chi connectivity index (χ4n) is 3.48. The summed E-state index contributed by atoms with van der Waals surface area (Å²) in [5, 5.41) is 3.35. The zero-order valence-corrected chi connectivity index (χ0v) is 16.3. The number of hydrogen-bond donors (Lipinski definition) is 2. The Balaban J connectivity index is 1.73. The number of rotatable bonds is 3. The number of aryl methyl sites for hydroxylation is 1. The topological polar surface area (TPSA) is 69.2 Å². The van der Waals surface area contributed by atoms with Crippen LogP contribution in [0.5, 0.6) is 0 Å². The first kappa shape index (κ1) is 18.6. The second-order valence-electron chi connectivity index (χ2n) is 6.95. The molecular formula is C20H22ClFN6. The predicted molar refractivity (Wildman–Crippen MR) is 112 cm³/mol. The molecule has 3 N–H and O–H groups in total. The van der Waals surface area contributed by atoms with Gasteiger partial charge in [0.15, 0.2) is 0 Å². The predicted octanol–water partition coefficient (Wildman–Crippen LogP) is 3.77. The summed E-state index contributed by atoms with van der Waals surface area (Å²) >= 11 is 5.95. The maximum absolute atomic E-state index is 13.5. The largest absolute Gasteiger partial charge is 0.368 e. The molecule has 1 fully saturated rings. The fourth-order valence-corrected chi connectivity index (χ4v) is 3.66. The molecule has 0 aromatic heterocycles.